The smallest absolute Gasteiger partial charge is 0.293 e. The lowest BCUT2D eigenvalue weighted by Crippen LogP contribution is -2.22. The molecule has 3 heteroatoms. The molecule has 1 rings (SSSR count). The summed E-state index contributed by atoms with van der Waals surface area (Å²) >= 11 is 0. The van der Waals surface area contributed by atoms with Gasteiger partial charge >= 0.3 is 0 Å². The van der Waals surface area contributed by atoms with Crippen molar-refractivity contribution in [1.29, 1.82) is 0 Å². The van der Waals surface area contributed by atoms with Gasteiger partial charge in [0.25, 0.3) is 6.47 Å². The Morgan fingerprint density at radius 2 is 1.81 bits per heavy atom. The number of hydrogen-bond acceptors (Lipinski definition) is 3. The summed E-state index contributed by atoms with van der Waals surface area (Å²) in [5.41, 5.74) is 0.949. The van der Waals surface area contributed by atoms with E-state index in [4.69, 9.17) is 4.74 Å². The Morgan fingerprint density at radius 3 is 2.31 bits per heavy atom. The second-order valence-corrected chi connectivity index (χ2v) is 4.58. The summed E-state index contributed by atoms with van der Waals surface area (Å²) in [6.45, 7) is 6.93. The minimum Gasteiger partial charge on any atom is -0.488 e. The molecule has 0 aliphatic carbocycles. The normalized spacial score (nSPS) is 10.9. The van der Waals surface area contributed by atoms with Gasteiger partial charge in [0.2, 0.25) is 0 Å². The molecule has 0 spiro atoms. The molecule has 0 saturated heterocycles. The van der Waals surface area contributed by atoms with Gasteiger partial charge < -0.3 is 9.47 Å². The SMILES string of the molecule is CC(C)(C)Oc1ccc(CCOC=O)cc1. The monoisotopic (exact) mass is 222 g/mol. The van der Waals surface area contributed by atoms with E-state index in [1.807, 2.05) is 45.0 Å². The van der Waals surface area contributed by atoms with Gasteiger partial charge in [-0.15, -0.1) is 0 Å². The quantitative estimate of drug-likeness (QED) is 0.567. The molecule has 16 heavy (non-hydrogen) atoms. The van der Waals surface area contributed by atoms with Crippen LogP contribution in [-0.2, 0) is 16.0 Å². The average Bonchev–Trinajstić information content (AvgIpc) is 2.19. The number of hydrogen-bond donors (Lipinski definition) is 0. The first-order valence-electron chi connectivity index (χ1n) is 5.34. The predicted octanol–water partition coefficient (Wildman–Crippen LogP) is 2.58. The summed E-state index contributed by atoms with van der Waals surface area (Å²) in [5, 5.41) is 0. The largest absolute Gasteiger partial charge is 0.488 e. The lowest BCUT2D eigenvalue weighted by Gasteiger charge is -2.21. The average molecular weight is 222 g/mol. The van der Waals surface area contributed by atoms with Crippen LogP contribution in [-0.4, -0.2) is 18.7 Å². The van der Waals surface area contributed by atoms with Crippen LogP contribution in [0.3, 0.4) is 0 Å². The first-order chi connectivity index (χ1) is 7.51. The third-order valence-electron chi connectivity index (χ3n) is 1.92. The highest BCUT2D eigenvalue weighted by Gasteiger charge is 2.11. The standard InChI is InChI=1S/C13H18O3/c1-13(2,3)16-12-6-4-11(5-7-12)8-9-15-10-14/h4-7,10H,8-9H2,1-3H3. The Hall–Kier alpha value is -1.51. The van der Waals surface area contributed by atoms with Crippen LogP contribution in [0.5, 0.6) is 5.75 Å². The number of benzene rings is 1. The van der Waals surface area contributed by atoms with Crippen LogP contribution >= 0.6 is 0 Å². The fraction of sp³-hybridized carbons (Fsp3) is 0.462. The fourth-order valence-electron chi connectivity index (χ4n) is 1.30. The molecule has 0 amide bonds. The van der Waals surface area contributed by atoms with Gasteiger partial charge in [0, 0.05) is 6.42 Å². The van der Waals surface area contributed by atoms with Crippen molar-refractivity contribution in [2.75, 3.05) is 6.61 Å². The van der Waals surface area contributed by atoms with E-state index >= 15 is 0 Å². The fourth-order valence-corrected chi connectivity index (χ4v) is 1.30. The topological polar surface area (TPSA) is 35.5 Å². The Kier molecular flexibility index (Phi) is 4.35. The number of carbonyl (C=O) groups is 1. The van der Waals surface area contributed by atoms with Crippen LogP contribution in [0.15, 0.2) is 24.3 Å². The molecule has 0 bridgehead atoms. The van der Waals surface area contributed by atoms with Crippen LogP contribution < -0.4 is 4.74 Å². The molecule has 0 atom stereocenters. The Morgan fingerprint density at radius 1 is 1.19 bits per heavy atom. The first-order valence-corrected chi connectivity index (χ1v) is 5.34. The molecule has 1 aromatic rings. The zero-order valence-electron chi connectivity index (χ0n) is 10.0. The van der Waals surface area contributed by atoms with Gasteiger partial charge in [-0.3, -0.25) is 4.79 Å². The Labute approximate surface area is 96.4 Å². The number of rotatable bonds is 5. The maximum absolute atomic E-state index is 9.96. The summed E-state index contributed by atoms with van der Waals surface area (Å²) < 4.78 is 10.3. The molecule has 0 radical (unpaired) electrons. The van der Waals surface area contributed by atoms with E-state index in [9.17, 15) is 4.79 Å². The summed E-state index contributed by atoms with van der Waals surface area (Å²) in [5.74, 6) is 0.854. The molecule has 0 aliphatic rings. The zero-order chi connectivity index (χ0) is 12.0. The minimum absolute atomic E-state index is 0.178. The van der Waals surface area contributed by atoms with Gasteiger partial charge in [0.1, 0.15) is 11.4 Å². The van der Waals surface area contributed by atoms with Gasteiger partial charge in [-0.05, 0) is 38.5 Å². The molecule has 1 aromatic carbocycles. The second-order valence-electron chi connectivity index (χ2n) is 4.58. The molecule has 0 aromatic heterocycles. The molecule has 0 saturated carbocycles. The van der Waals surface area contributed by atoms with Gasteiger partial charge in [0.05, 0.1) is 6.61 Å². The van der Waals surface area contributed by atoms with Crippen LogP contribution in [0, 0.1) is 0 Å². The van der Waals surface area contributed by atoms with Crippen molar-refractivity contribution in [2.24, 2.45) is 0 Å². The molecule has 0 aliphatic heterocycles. The maximum Gasteiger partial charge on any atom is 0.293 e. The van der Waals surface area contributed by atoms with E-state index in [0.29, 0.717) is 13.1 Å². The molecule has 0 N–H and O–H groups in total. The maximum atomic E-state index is 9.96. The Balaban J connectivity index is 2.51. The van der Waals surface area contributed by atoms with Crippen molar-refractivity contribution >= 4 is 6.47 Å². The molecule has 0 heterocycles. The van der Waals surface area contributed by atoms with Crippen molar-refractivity contribution in [2.45, 2.75) is 32.8 Å². The van der Waals surface area contributed by atoms with Crippen molar-refractivity contribution in [1.82, 2.24) is 0 Å². The summed E-state index contributed by atoms with van der Waals surface area (Å²) in [6, 6.07) is 7.83. The predicted molar refractivity (Wildman–Crippen MR) is 62.5 cm³/mol. The second kappa shape index (κ2) is 5.54. The lowest BCUT2D eigenvalue weighted by atomic mass is 10.1. The van der Waals surface area contributed by atoms with E-state index in [2.05, 4.69) is 4.74 Å². The van der Waals surface area contributed by atoms with E-state index in [1.54, 1.807) is 0 Å². The molecule has 88 valence electrons. The zero-order valence-corrected chi connectivity index (χ0v) is 10.0. The van der Waals surface area contributed by atoms with Crippen molar-refractivity contribution in [3.8, 4) is 5.75 Å². The molecule has 3 nitrogen and oxygen atoms in total. The van der Waals surface area contributed by atoms with Crippen LogP contribution in [0.4, 0.5) is 0 Å². The highest BCUT2D eigenvalue weighted by atomic mass is 16.5. The molecule has 0 unspecified atom stereocenters. The van der Waals surface area contributed by atoms with Crippen molar-refractivity contribution < 1.29 is 14.3 Å². The van der Waals surface area contributed by atoms with E-state index < -0.39 is 0 Å². The highest BCUT2D eigenvalue weighted by Crippen LogP contribution is 2.18. The summed E-state index contributed by atoms with van der Waals surface area (Å²) in [6.07, 6.45) is 0.731. The van der Waals surface area contributed by atoms with E-state index in [0.717, 1.165) is 17.7 Å². The first kappa shape index (κ1) is 12.6. The van der Waals surface area contributed by atoms with Crippen molar-refractivity contribution in [3.63, 3.8) is 0 Å². The number of ether oxygens (including phenoxy) is 2. The van der Waals surface area contributed by atoms with Crippen molar-refractivity contribution in [3.05, 3.63) is 29.8 Å². The van der Waals surface area contributed by atoms with Gasteiger partial charge in [-0.1, -0.05) is 12.1 Å². The minimum atomic E-state index is -0.178. The van der Waals surface area contributed by atoms with E-state index in [1.165, 1.54) is 0 Å². The highest BCUT2D eigenvalue weighted by molar-refractivity contribution is 5.37. The molecule has 0 fully saturated rings. The van der Waals surface area contributed by atoms with Crippen LogP contribution in [0.25, 0.3) is 0 Å². The van der Waals surface area contributed by atoms with Gasteiger partial charge in [-0.25, -0.2) is 0 Å². The summed E-state index contributed by atoms with van der Waals surface area (Å²) in [7, 11) is 0. The number of carbonyl (C=O) groups excluding carboxylic acids is 1. The molecular formula is C13H18O3. The van der Waals surface area contributed by atoms with E-state index in [-0.39, 0.29) is 5.60 Å². The summed E-state index contributed by atoms with van der Waals surface area (Å²) in [4.78, 5) is 9.96. The third-order valence-corrected chi connectivity index (χ3v) is 1.92. The molecular weight excluding hydrogens is 204 g/mol. The lowest BCUT2D eigenvalue weighted by molar-refractivity contribution is -0.128. The Bertz CT molecular complexity index is 322. The van der Waals surface area contributed by atoms with Gasteiger partial charge in [-0.2, -0.15) is 0 Å². The third kappa shape index (κ3) is 4.82. The van der Waals surface area contributed by atoms with Crippen LogP contribution in [0.2, 0.25) is 0 Å². The van der Waals surface area contributed by atoms with Crippen LogP contribution in [0.1, 0.15) is 26.3 Å². The van der Waals surface area contributed by atoms with Gasteiger partial charge in [0.15, 0.2) is 0 Å².